The molecule has 0 fully saturated rings. The Kier molecular flexibility index (Phi) is 8.21. The lowest BCUT2D eigenvalue weighted by molar-refractivity contribution is -0.155. The van der Waals surface area contributed by atoms with Crippen LogP contribution in [0.5, 0.6) is 0 Å². The topological polar surface area (TPSA) is 122 Å². The lowest BCUT2D eigenvalue weighted by Crippen LogP contribution is -2.49. The summed E-state index contributed by atoms with van der Waals surface area (Å²) in [6.07, 6.45) is -0.733. The SMILES string of the molecule is CCC1(C)C(C(=O)OC[C@H](O)c2ccc(F)cc2)=CN(N)C1C(=O)OC[C@H](O)c1ccc(F)cc1. The van der Waals surface area contributed by atoms with Crippen molar-refractivity contribution in [2.45, 2.75) is 38.5 Å². The Bertz CT molecular complexity index is 1080. The van der Waals surface area contributed by atoms with Crippen LogP contribution in [-0.2, 0) is 19.1 Å². The largest absolute Gasteiger partial charge is 0.461 e. The molecule has 0 spiro atoms. The summed E-state index contributed by atoms with van der Waals surface area (Å²) in [6, 6.07) is 9.18. The lowest BCUT2D eigenvalue weighted by atomic mass is 9.75. The number of hydrogen-bond donors (Lipinski definition) is 3. The van der Waals surface area contributed by atoms with E-state index in [2.05, 4.69) is 0 Å². The fourth-order valence-electron chi connectivity index (χ4n) is 3.93. The van der Waals surface area contributed by atoms with E-state index in [4.69, 9.17) is 15.3 Å². The van der Waals surface area contributed by atoms with Gasteiger partial charge in [-0.2, -0.15) is 0 Å². The van der Waals surface area contributed by atoms with Crippen LogP contribution < -0.4 is 5.84 Å². The van der Waals surface area contributed by atoms with Crippen LogP contribution >= 0.6 is 0 Å². The van der Waals surface area contributed by atoms with Gasteiger partial charge in [-0.15, -0.1) is 0 Å². The average Bonchev–Trinajstić information content (AvgIpc) is 3.12. The zero-order chi connectivity index (χ0) is 25.8. The van der Waals surface area contributed by atoms with Crippen LogP contribution in [-0.4, -0.2) is 46.4 Å². The van der Waals surface area contributed by atoms with Gasteiger partial charge in [0.25, 0.3) is 0 Å². The van der Waals surface area contributed by atoms with E-state index in [9.17, 15) is 28.6 Å². The van der Waals surface area contributed by atoms with E-state index in [1.165, 1.54) is 54.7 Å². The molecule has 1 aliphatic rings. The minimum Gasteiger partial charge on any atom is -0.461 e. The van der Waals surface area contributed by atoms with Gasteiger partial charge in [0, 0.05) is 11.6 Å². The van der Waals surface area contributed by atoms with Crippen LogP contribution in [0, 0.1) is 17.0 Å². The van der Waals surface area contributed by atoms with Crippen molar-refractivity contribution in [3.05, 3.63) is 83.1 Å². The van der Waals surface area contributed by atoms with Crippen LogP contribution in [0.2, 0.25) is 0 Å². The standard InChI is InChI=1S/C25H28F2N2O6/c1-3-25(2)19(23(32)34-13-20(30)15-4-8-17(26)9-5-15)12-29(28)22(25)24(33)35-14-21(31)16-6-10-18(27)11-7-16/h4-12,20-22,30-31H,3,13-14,28H2,1-2H3/t20-,21-,22?,25?/m0/s1. The summed E-state index contributed by atoms with van der Waals surface area (Å²) in [5.41, 5.74) is -0.213. The molecule has 188 valence electrons. The Morgan fingerprint density at radius 1 is 0.971 bits per heavy atom. The molecule has 0 amide bonds. The molecule has 1 aliphatic heterocycles. The number of ether oxygens (including phenoxy) is 2. The summed E-state index contributed by atoms with van der Waals surface area (Å²) in [5.74, 6) is 3.56. The number of benzene rings is 2. The molecule has 0 bridgehead atoms. The highest BCUT2D eigenvalue weighted by Crippen LogP contribution is 2.43. The lowest BCUT2D eigenvalue weighted by Gasteiger charge is -2.33. The zero-order valence-electron chi connectivity index (χ0n) is 19.4. The molecule has 0 aromatic heterocycles. The Hall–Kier alpha value is -3.34. The Balaban J connectivity index is 1.63. The molecule has 1 heterocycles. The van der Waals surface area contributed by atoms with E-state index in [0.29, 0.717) is 17.5 Å². The minimum atomic E-state index is -1.18. The van der Waals surface area contributed by atoms with Crippen LogP contribution in [0.3, 0.4) is 0 Å². The number of aliphatic hydroxyl groups excluding tert-OH is 2. The number of carbonyl (C=O) groups is 2. The third-order valence-electron chi connectivity index (χ3n) is 6.24. The summed E-state index contributed by atoms with van der Waals surface area (Å²) in [7, 11) is 0. The van der Waals surface area contributed by atoms with Crippen molar-refractivity contribution in [2.24, 2.45) is 11.3 Å². The van der Waals surface area contributed by atoms with Crippen molar-refractivity contribution >= 4 is 11.9 Å². The quantitative estimate of drug-likeness (QED) is 0.362. The second-order valence-corrected chi connectivity index (χ2v) is 8.53. The molecular formula is C25H28F2N2O6. The van der Waals surface area contributed by atoms with Crippen molar-refractivity contribution in [2.75, 3.05) is 13.2 Å². The molecule has 2 aromatic carbocycles. The summed E-state index contributed by atoms with van der Waals surface area (Å²) < 4.78 is 36.7. The number of hydrogen-bond acceptors (Lipinski definition) is 8. The summed E-state index contributed by atoms with van der Waals surface area (Å²) in [5, 5.41) is 21.6. The van der Waals surface area contributed by atoms with E-state index in [-0.39, 0.29) is 12.2 Å². The fraction of sp³-hybridized carbons (Fsp3) is 0.360. The number of aliphatic hydroxyl groups is 2. The van der Waals surface area contributed by atoms with E-state index in [1.807, 2.05) is 0 Å². The van der Waals surface area contributed by atoms with Gasteiger partial charge < -0.3 is 24.7 Å². The van der Waals surface area contributed by atoms with Crippen LogP contribution in [0.15, 0.2) is 60.3 Å². The minimum absolute atomic E-state index is 0.120. The molecule has 4 atom stereocenters. The molecule has 10 heteroatoms. The monoisotopic (exact) mass is 490 g/mol. The second-order valence-electron chi connectivity index (χ2n) is 8.53. The number of nitrogens with zero attached hydrogens (tertiary/aromatic N) is 1. The van der Waals surface area contributed by atoms with Gasteiger partial charge >= 0.3 is 11.9 Å². The Labute approximate surface area is 201 Å². The maximum atomic E-state index is 13.1. The van der Waals surface area contributed by atoms with Gasteiger partial charge in [-0.05, 0) is 41.8 Å². The van der Waals surface area contributed by atoms with Crippen molar-refractivity contribution < 1.29 is 38.1 Å². The van der Waals surface area contributed by atoms with Crippen LogP contribution in [0.25, 0.3) is 0 Å². The first-order valence-corrected chi connectivity index (χ1v) is 11.0. The number of nitrogens with two attached hydrogens (primary N) is 1. The number of carbonyl (C=O) groups excluding carboxylic acids is 2. The first kappa shape index (κ1) is 26.3. The molecule has 35 heavy (non-hydrogen) atoms. The van der Waals surface area contributed by atoms with E-state index >= 15 is 0 Å². The Morgan fingerprint density at radius 2 is 1.43 bits per heavy atom. The van der Waals surface area contributed by atoms with Crippen molar-refractivity contribution in [1.29, 1.82) is 0 Å². The third kappa shape index (κ3) is 5.84. The third-order valence-corrected chi connectivity index (χ3v) is 6.24. The highest BCUT2D eigenvalue weighted by Gasteiger charge is 2.51. The molecule has 0 aliphatic carbocycles. The maximum Gasteiger partial charge on any atom is 0.336 e. The highest BCUT2D eigenvalue weighted by molar-refractivity contribution is 5.93. The predicted octanol–water partition coefficient (Wildman–Crippen LogP) is 2.68. The zero-order valence-corrected chi connectivity index (χ0v) is 19.4. The molecule has 0 saturated carbocycles. The van der Waals surface area contributed by atoms with Gasteiger partial charge in [0.15, 0.2) is 6.04 Å². The van der Waals surface area contributed by atoms with Crippen molar-refractivity contribution in [1.82, 2.24) is 5.01 Å². The van der Waals surface area contributed by atoms with Gasteiger partial charge in [0.2, 0.25) is 0 Å². The number of hydrazine groups is 1. The normalized spacial score (nSPS) is 21.3. The second kappa shape index (κ2) is 10.9. The van der Waals surface area contributed by atoms with Gasteiger partial charge in [-0.25, -0.2) is 24.2 Å². The Morgan fingerprint density at radius 3 is 1.89 bits per heavy atom. The van der Waals surface area contributed by atoms with E-state index in [0.717, 1.165) is 5.01 Å². The molecule has 0 radical (unpaired) electrons. The average molecular weight is 491 g/mol. The van der Waals surface area contributed by atoms with Crippen LogP contribution in [0.1, 0.15) is 43.6 Å². The van der Waals surface area contributed by atoms with Crippen molar-refractivity contribution in [3.63, 3.8) is 0 Å². The first-order chi connectivity index (χ1) is 16.6. The number of rotatable bonds is 9. The highest BCUT2D eigenvalue weighted by atomic mass is 19.1. The van der Waals surface area contributed by atoms with E-state index in [1.54, 1.807) is 13.8 Å². The molecule has 2 aromatic rings. The first-order valence-electron chi connectivity index (χ1n) is 11.0. The van der Waals surface area contributed by atoms with Crippen molar-refractivity contribution in [3.8, 4) is 0 Å². The fourth-order valence-corrected chi connectivity index (χ4v) is 3.93. The molecule has 8 nitrogen and oxygen atoms in total. The van der Waals surface area contributed by atoms with Gasteiger partial charge in [-0.3, -0.25) is 0 Å². The summed E-state index contributed by atoms with van der Waals surface area (Å²) in [4.78, 5) is 25.7. The molecular weight excluding hydrogens is 462 g/mol. The number of halogens is 2. The van der Waals surface area contributed by atoms with Crippen LogP contribution in [0.4, 0.5) is 8.78 Å². The maximum absolute atomic E-state index is 13.1. The molecule has 4 N–H and O–H groups in total. The van der Waals surface area contributed by atoms with E-state index < -0.39 is 53.8 Å². The van der Waals surface area contributed by atoms with Gasteiger partial charge in [0.05, 0.1) is 5.57 Å². The summed E-state index contributed by atoms with van der Waals surface area (Å²) >= 11 is 0. The number of esters is 2. The molecule has 2 unspecified atom stereocenters. The molecule has 3 rings (SSSR count). The summed E-state index contributed by atoms with van der Waals surface area (Å²) in [6.45, 7) is 2.65. The van der Waals surface area contributed by atoms with Gasteiger partial charge in [-0.1, -0.05) is 38.1 Å². The predicted molar refractivity (Wildman–Crippen MR) is 121 cm³/mol. The molecule has 0 saturated heterocycles. The van der Waals surface area contributed by atoms with Gasteiger partial charge in [0.1, 0.15) is 37.1 Å². The smallest absolute Gasteiger partial charge is 0.336 e.